The summed E-state index contributed by atoms with van der Waals surface area (Å²) in [5.41, 5.74) is 3.05. The second-order valence-electron chi connectivity index (χ2n) is 8.66. The smallest absolute Gasteiger partial charge is 0.315 e. The highest BCUT2D eigenvalue weighted by Gasteiger charge is 2.45. The lowest BCUT2D eigenvalue weighted by molar-refractivity contribution is -0.146. The van der Waals surface area contributed by atoms with Crippen LogP contribution in [0.4, 0.5) is 0 Å². The molecule has 2 atom stereocenters. The number of nitrogens with zero attached hydrogens (tertiary/aromatic N) is 2. The van der Waals surface area contributed by atoms with Gasteiger partial charge in [-0.3, -0.25) is 19.6 Å². The van der Waals surface area contributed by atoms with Crippen molar-refractivity contribution in [3.05, 3.63) is 41.4 Å². The number of aromatic nitrogens is 1. The maximum atomic E-state index is 13.1. The average molecular weight is 383 g/mol. The van der Waals surface area contributed by atoms with Gasteiger partial charge in [0.05, 0.1) is 6.61 Å². The van der Waals surface area contributed by atoms with E-state index in [0.717, 1.165) is 42.7 Å². The largest absolute Gasteiger partial charge is 0.465 e. The Morgan fingerprint density at radius 1 is 1.21 bits per heavy atom. The number of ether oxygens (including phenoxy) is 1. The molecule has 5 nitrogen and oxygen atoms in total. The highest BCUT2D eigenvalue weighted by molar-refractivity contribution is 6.09. The summed E-state index contributed by atoms with van der Waals surface area (Å²) in [7, 11) is 0. The number of ketones is 1. The fourth-order valence-corrected chi connectivity index (χ4v) is 4.30. The summed E-state index contributed by atoms with van der Waals surface area (Å²) in [6.45, 7) is 8.59. The van der Waals surface area contributed by atoms with Crippen LogP contribution < -0.4 is 0 Å². The lowest BCUT2D eigenvalue weighted by atomic mass is 9.67. The average Bonchev–Trinajstić information content (AvgIpc) is 2.63. The summed E-state index contributed by atoms with van der Waals surface area (Å²) >= 11 is 0. The standard InChI is InChI=1S/C23H30N2O3/c1-5-6-7-12-28-22(27)19-15(2)25-17-13-23(3,4)14-18(26)21(17)20(19)16-8-10-24-11-9-16/h8-11,19-20H,5-7,12-14H2,1-4H3/t19?,20-/m0/s1. The van der Waals surface area contributed by atoms with Gasteiger partial charge in [-0.1, -0.05) is 33.6 Å². The summed E-state index contributed by atoms with van der Waals surface area (Å²) < 4.78 is 5.59. The minimum Gasteiger partial charge on any atom is -0.465 e. The van der Waals surface area contributed by atoms with E-state index >= 15 is 0 Å². The van der Waals surface area contributed by atoms with Crippen LogP contribution in [0.5, 0.6) is 0 Å². The molecule has 0 aromatic carbocycles. The molecule has 0 fully saturated rings. The normalized spacial score (nSPS) is 23.9. The van der Waals surface area contributed by atoms with Crippen molar-refractivity contribution in [3.8, 4) is 0 Å². The Kier molecular flexibility index (Phi) is 6.11. The molecule has 28 heavy (non-hydrogen) atoms. The predicted octanol–water partition coefficient (Wildman–Crippen LogP) is 4.63. The van der Waals surface area contributed by atoms with E-state index in [1.165, 1.54) is 0 Å². The van der Waals surface area contributed by atoms with E-state index in [1.807, 2.05) is 19.1 Å². The quantitative estimate of drug-likeness (QED) is 0.531. The van der Waals surface area contributed by atoms with Crippen molar-refractivity contribution in [2.45, 2.75) is 65.7 Å². The van der Waals surface area contributed by atoms with Gasteiger partial charge in [0.25, 0.3) is 0 Å². The van der Waals surface area contributed by atoms with E-state index in [4.69, 9.17) is 9.73 Å². The summed E-state index contributed by atoms with van der Waals surface area (Å²) in [6, 6.07) is 3.77. The third-order valence-electron chi connectivity index (χ3n) is 5.61. The number of carbonyl (C=O) groups excluding carboxylic acids is 2. The van der Waals surface area contributed by atoms with Crippen molar-refractivity contribution in [3.63, 3.8) is 0 Å². The Labute approximate surface area is 167 Å². The highest BCUT2D eigenvalue weighted by Crippen LogP contribution is 2.47. The molecular weight excluding hydrogens is 352 g/mol. The number of esters is 1. The molecule has 0 spiro atoms. The van der Waals surface area contributed by atoms with Gasteiger partial charge in [0, 0.05) is 41.7 Å². The van der Waals surface area contributed by atoms with Gasteiger partial charge in [0.15, 0.2) is 5.78 Å². The van der Waals surface area contributed by atoms with Crippen LogP contribution in [-0.4, -0.2) is 29.1 Å². The molecule has 3 rings (SSSR count). The number of aliphatic imine (C=N–C) groups is 1. The van der Waals surface area contributed by atoms with Crippen molar-refractivity contribution < 1.29 is 14.3 Å². The van der Waals surface area contributed by atoms with Crippen molar-refractivity contribution in [1.82, 2.24) is 4.98 Å². The topological polar surface area (TPSA) is 68.6 Å². The number of rotatable bonds is 6. The molecule has 2 heterocycles. The molecule has 5 heteroatoms. The van der Waals surface area contributed by atoms with Crippen molar-refractivity contribution in [2.75, 3.05) is 6.61 Å². The number of allylic oxidation sites excluding steroid dienone is 2. The Balaban J connectivity index is 1.99. The number of carbonyl (C=O) groups is 2. The Morgan fingerprint density at radius 3 is 2.61 bits per heavy atom. The molecule has 0 saturated carbocycles. The lowest BCUT2D eigenvalue weighted by Gasteiger charge is -2.38. The van der Waals surface area contributed by atoms with Crippen LogP contribution in [0.2, 0.25) is 0 Å². The van der Waals surface area contributed by atoms with Crippen LogP contribution in [0.25, 0.3) is 0 Å². The number of Topliss-reactive ketones (excluding diaryl/α,β-unsaturated/α-hetero) is 1. The van der Waals surface area contributed by atoms with Crippen LogP contribution in [0.3, 0.4) is 0 Å². The van der Waals surface area contributed by atoms with Crippen LogP contribution in [0.15, 0.2) is 40.8 Å². The van der Waals surface area contributed by atoms with Crippen LogP contribution in [0.1, 0.15) is 71.3 Å². The Bertz CT molecular complexity index is 808. The fourth-order valence-electron chi connectivity index (χ4n) is 4.30. The first-order chi connectivity index (χ1) is 13.3. The molecular formula is C23H30N2O3. The molecule has 2 aliphatic rings. The minimum absolute atomic E-state index is 0.0908. The fraction of sp³-hybridized carbons (Fsp3) is 0.565. The van der Waals surface area contributed by atoms with E-state index in [-0.39, 0.29) is 23.1 Å². The van der Waals surface area contributed by atoms with Gasteiger partial charge in [0.1, 0.15) is 5.92 Å². The molecule has 0 amide bonds. The first kappa shape index (κ1) is 20.4. The second kappa shape index (κ2) is 8.38. The monoisotopic (exact) mass is 382 g/mol. The summed E-state index contributed by atoms with van der Waals surface area (Å²) in [5.74, 6) is -1.11. The lowest BCUT2D eigenvalue weighted by Crippen LogP contribution is -2.39. The molecule has 0 radical (unpaired) electrons. The molecule has 150 valence electrons. The number of hydrogen-bond donors (Lipinski definition) is 0. The first-order valence-corrected chi connectivity index (χ1v) is 10.2. The minimum atomic E-state index is -0.562. The SMILES string of the molecule is CCCCCOC(=O)C1C(C)=NC2=C(C(=O)CC(C)(C)C2)[C@H]1c1ccncc1. The van der Waals surface area contributed by atoms with Gasteiger partial charge in [-0.05, 0) is 42.9 Å². The predicted molar refractivity (Wildman–Crippen MR) is 109 cm³/mol. The third kappa shape index (κ3) is 4.23. The molecule has 0 N–H and O–H groups in total. The van der Waals surface area contributed by atoms with Crippen molar-refractivity contribution in [1.29, 1.82) is 0 Å². The van der Waals surface area contributed by atoms with E-state index in [1.54, 1.807) is 12.4 Å². The van der Waals surface area contributed by atoms with Gasteiger partial charge < -0.3 is 4.74 Å². The Hall–Kier alpha value is -2.30. The number of unbranched alkanes of at least 4 members (excludes halogenated alkanes) is 2. The van der Waals surface area contributed by atoms with Gasteiger partial charge in [0.2, 0.25) is 0 Å². The van der Waals surface area contributed by atoms with Crippen LogP contribution >= 0.6 is 0 Å². The van der Waals surface area contributed by atoms with E-state index in [2.05, 4.69) is 25.8 Å². The van der Waals surface area contributed by atoms with E-state index < -0.39 is 5.92 Å². The molecule has 1 unspecified atom stereocenters. The van der Waals surface area contributed by atoms with Crippen molar-refractivity contribution in [2.24, 2.45) is 16.3 Å². The molecule has 1 aromatic rings. The van der Waals surface area contributed by atoms with Crippen LogP contribution in [-0.2, 0) is 14.3 Å². The number of hydrogen-bond acceptors (Lipinski definition) is 5. The molecule has 1 aliphatic carbocycles. The van der Waals surface area contributed by atoms with E-state index in [0.29, 0.717) is 18.6 Å². The van der Waals surface area contributed by atoms with E-state index in [9.17, 15) is 9.59 Å². The zero-order chi connectivity index (χ0) is 20.3. The second-order valence-corrected chi connectivity index (χ2v) is 8.66. The van der Waals surface area contributed by atoms with Gasteiger partial charge >= 0.3 is 5.97 Å². The summed E-state index contributed by atoms with van der Waals surface area (Å²) in [4.78, 5) is 34.9. The molecule has 0 saturated heterocycles. The van der Waals surface area contributed by atoms with Gasteiger partial charge in [-0.25, -0.2) is 0 Å². The highest BCUT2D eigenvalue weighted by atomic mass is 16.5. The van der Waals surface area contributed by atoms with Crippen molar-refractivity contribution >= 4 is 17.5 Å². The van der Waals surface area contributed by atoms with Gasteiger partial charge in [-0.2, -0.15) is 0 Å². The Morgan fingerprint density at radius 2 is 1.93 bits per heavy atom. The molecule has 1 aliphatic heterocycles. The zero-order valence-electron chi connectivity index (χ0n) is 17.3. The summed E-state index contributed by atoms with van der Waals surface area (Å²) in [5, 5.41) is 0. The molecule has 0 bridgehead atoms. The van der Waals surface area contributed by atoms with Gasteiger partial charge in [-0.15, -0.1) is 0 Å². The third-order valence-corrected chi connectivity index (χ3v) is 5.61. The summed E-state index contributed by atoms with van der Waals surface area (Å²) in [6.07, 6.45) is 7.58. The zero-order valence-corrected chi connectivity index (χ0v) is 17.3. The maximum Gasteiger partial charge on any atom is 0.315 e. The maximum absolute atomic E-state index is 13.1. The number of pyridine rings is 1. The first-order valence-electron chi connectivity index (χ1n) is 10.2. The molecule has 1 aromatic heterocycles. The van der Waals surface area contributed by atoms with Crippen LogP contribution in [0, 0.1) is 11.3 Å².